The molecule has 0 atom stereocenters. The number of nitrogens with zero attached hydrogens (tertiary/aromatic N) is 2. The van der Waals surface area contributed by atoms with Crippen LogP contribution in [0.25, 0.3) is 5.70 Å². The number of allylic oxidation sites excluding steroid dienone is 6. The topological polar surface area (TPSA) is 73.1 Å². The Balaban J connectivity index is 2.04. The Hall–Kier alpha value is -2.92. The third kappa shape index (κ3) is 2.62. The van der Waals surface area contributed by atoms with Crippen LogP contribution < -0.4 is 0 Å². The number of hydrogen-bond acceptors (Lipinski definition) is 5. The number of rotatable bonds is 1. The van der Waals surface area contributed by atoms with E-state index in [9.17, 15) is 15.1 Å². The first kappa shape index (κ1) is 14.0. The second kappa shape index (κ2) is 5.46. The normalized spacial score (nSPS) is 17.3. The van der Waals surface area contributed by atoms with Gasteiger partial charge in [0.15, 0.2) is 5.78 Å². The predicted octanol–water partition coefficient (Wildman–Crippen LogP) is 2.72. The van der Waals surface area contributed by atoms with Gasteiger partial charge in [-0.1, -0.05) is 0 Å². The number of carbonyl (C=O) groups is 1. The lowest BCUT2D eigenvalue weighted by Crippen LogP contribution is -2.20. The van der Waals surface area contributed by atoms with E-state index in [1.807, 2.05) is 13.0 Å². The van der Waals surface area contributed by atoms with E-state index in [-0.39, 0.29) is 11.5 Å². The largest absolute Gasteiger partial charge is 0.508 e. The lowest BCUT2D eigenvalue weighted by atomic mass is 10.0. The van der Waals surface area contributed by atoms with Gasteiger partial charge in [-0.05, 0) is 61.1 Å². The van der Waals surface area contributed by atoms with E-state index >= 15 is 0 Å². The van der Waals surface area contributed by atoms with Gasteiger partial charge in [0.2, 0.25) is 0 Å². The van der Waals surface area contributed by atoms with Crippen LogP contribution in [-0.2, 0) is 4.79 Å². The molecule has 0 radical (unpaired) electrons. The Bertz CT molecular complexity index is 780. The maximum absolute atomic E-state index is 11.2. The zero-order valence-corrected chi connectivity index (χ0v) is 11.9. The SMILES string of the molecule is Cc1cc(C2=CC(=C3C=CC(=O)C=C3)N(O)C=N2)ccc1O. The molecule has 0 amide bonds. The molecular formula is C17H14N2O3. The summed E-state index contributed by atoms with van der Waals surface area (Å²) in [6.45, 7) is 1.81. The molecule has 0 saturated heterocycles. The van der Waals surface area contributed by atoms with Gasteiger partial charge in [-0.3, -0.25) is 10.0 Å². The molecule has 5 heteroatoms. The lowest BCUT2D eigenvalue weighted by molar-refractivity contribution is -0.110. The van der Waals surface area contributed by atoms with Crippen molar-refractivity contribution in [3.63, 3.8) is 0 Å². The van der Waals surface area contributed by atoms with Crippen LogP contribution in [0.4, 0.5) is 0 Å². The number of benzene rings is 1. The van der Waals surface area contributed by atoms with Gasteiger partial charge in [-0.15, -0.1) is 0 Å². The Morgan fingerprint density at radius 3 is 2.55 bits per heavy atom. The Morgan fingerprint density at radius 2 is 1.86 bits per heavy atom. The highest BCUT2D eigenvalue weighted by Gasteiger charge is 2.15. The smallest absolute Gasteiger partial charge is 0.178 e. The number of ketones is 1. The second-order valence-electron chi connectivity index (χ2n) is 5.03. The average Bonchev–Trinajstić information content (AvgIpc) is 2.52. The van der Waals surface area contributed by atoms with Gasteiger partial charge in [0.1, 0.15) is 12.1 Å². The second-order valence-corrected chi connectivity index (χ2v) is 5.03. The fourth-order valence-electron chi connectivity index (χ4n) is 2.23. The van der Waals surface area contributed by atoms with Gasteiger partial charge in [0.05, 0.1) is 11.4 Å². The average molecular weight is 294 g/mol. The van der Waals surface area contributed by atoms with Crippen molar-refractivity contribution in [2.75, 3.05) is 0 Å². The minimum atomic E-state index is -0.0864. The minimum Gasteiger partial charge on any atom is -0.508 e. The van der Waals surface area contributed by atoms with E-state index in [1.54, 1.807) is 30.4 Å². The third-order valence-corrected chi connectivity index (χ3v) is 3.47. The molecule has 2 N–H and O–H groups in total. The Kier molecular flexibility index (Phi) is 3.48. The van der Waals surface area contributed by atoms with Crippen LogP contribution in [0.2, 0.25) is 0 Å². The summed E-state index contributed by atoms with van der Waals surface area (Å²) in [5.41, 5.74) is 3.47. The van der Waals surface area contributed by atoms with E-state index in [4.69, 9.17) is 0 Å². The highest BCUT2D eigenvalue weighted by Crippen LogP contribution is 2.28. The summed E-state index contributed by atoms with van der Waals surface area (Å²) >= 11 is 0. The first-order chi connectivity index (χ1) is 10.5. The van der Waals surface area contributed by atoms with Crippen molar-refractivity contribution < 1.29 is 15.1 Å². The van der Waals surface area contributed by atoms with E-state index in [0.29, 0.717) is 17.0 Å². The molecule has 1 aromatic rings. The lowest BCUT2D eigenvalue weighted by Gasteiger charge is -2.20. The molecular weight excluding hydrogens is 280 g/mol. The number of phenolic OH excluding ortho intramolecular Hbond substituents is 1. The Morgan fingerprint density at radius 1 is 1.14 bits per heavy atom. The van der Waals surface area contributed by atoms with Crippen LogP contribution in [0, 0.1) is 6.92 Å². The van der Waals surface area contributed by atoms with Crippen molar-refractivity contribution in [2.45, 2.75) is 6.92 Å². The molecule has 0 aromatic heterocycles. The van der Waals surface area contributed by atoms with E-state index in [2.05, 4.69) is 4.99 Å². The maximum atomic E-state index is 11.2. The van der Waals surface area contributed by atoms with Crippen LogP contribution in [0.3, 0.4) is 0 Å². The Labute approximate surface area is 127 Å². The monoisotopic (exact) mass is 294 g/mol. The first-order valence-electron chi connectivity index (χ1n) is 6.73. The summed E-state index contributed by atoms with van der Waals surface area (Å²) in [4.78, 5) is 15.4. The predicted molar refractivity (Wildman–Crippen MR) is 83.3 cm³/mol. The van der Waals surface area contributed by atoms with Crippen LogP contribution in [0.15, 0.2) is 64.8 Å². The molecule has 3 rings (SSSR count). The molecule has 0 fully saturated rings. The van der Waals surface area contributed by atoms with Crippen molar-refractivity contribution in [2.24, 2.45) is 4.99 Å². The molecule has 22 heavy (non-hydrogen) atoms. The number of aliphatic imine (C=N–C) groups is 1. The van der Waals surface area contributed by atoms with Crippen LogP contribution in [-0.4, -0.2) is 27.5 Å². The fourth-order valence-corrected chi connectivity index (χ4v) is 2.23. The summed E-state index contributed by atoms with van der Waals surface area (Å²) in [7, 11) is 0. The molecule has 0 bridgehead atoms. The number of phenols is 1. The number of aryl methyl sites for hydroxylation is 1. The van der Waals surface area contributed by atoms with Crippen LogP contribution in [0.1, 0.15) is 11.1 Å². The van der Waals surface area contributed by atoms with Crippen molar-refractivity contribution >= 4 is 17.8 Å². The minimum absolute atomic E-state index is 0.0864. The van der Waals surface area contributed by atoms with Crippen molar-refractivity contribution in [3.05, 3.63) is 71.0 Å². The summed E-state index contributed by atoms with van der Waals surface area (Å²) in [5, 5.41) is 20.5. The molecule has 110 valence electrons. The number of aromatic hydroxyl groups is 1. The number of hydroxylamine groups is 2. The highest BCUT2D eigenvalue weighted by molar-refractivity contribution is 6.01. The van der Waals surface area contributed by atoms with Gasteiger partial charge in [0, 0.05) is 11.1 Å². The van der Waals surface area contributed by atoms with Gasteiger partial charge in [-0.25, -0.2) is 10.1 Å². The van der Waals surface area contributed by atoms with Crippen molar-refractivity contribution in [1.29, 1.82) is 0 Å². The molecule has 0 spiro atoms. The van der Waals surface area contributed by atoms with Crippen LogP contribution in [0.5, 0.6) is 5.75 Å². The number of carbonyl (C=O) groups excluding carboxylic acids is 1. The van der Waals surface area contributed by atoms with E-state index in [0.717, 1.165) is 16.2 Å². The molecule has 0 unspecified atom stereocenters. The van der Waals surface area contributed by atoms with Gasteiger partial charge in [0.25, 0.3) is 0 Å². The molecule has 1 aromatic carbocycles. The molecule has 1 aliphatic heterocycles. The standard InChI is InChI=1S/C17H14N2O3/c1-11-8-13(4-7-17(11)21)15-9-16(19(22)10-18-15)12-2-5-14(20)6-3-12/h2-10,21-22H,1H3. The first-order valence-corrected chi connectivity index (χ1v) is 6.73. The molecule has 1 heterocycles. The molecule has 5 nitrogen and oxygen atoms in total. The molecule has 1 aliphatic carbocycles. The maximum Gasteiger partial charge on any atom is 0.178 e. The summed E-state index contributed by atoms with van der Waals surface area (Å²) in [5.74, 6) is 0.139. The quantitative estimate of drug-likeness (QED) is 0.835. The summed E-state index contributed by atoms with van der Waals surface area (Å²) in [6.07, 6.45) is 9.22. The molecule has 0 saturated carbocycles. The third-order valence-electron chi connectivity index (χ3n) is 3.47. The van der Waals surface area contributed by atoms with Gasteiger partial charge >= 0.3 is 0 Å². The zero-order valence-electron chi connectivity index (χ0n) is 11.9. The van der Waals surface area contributed by atoms with Crippen molar-refractivity contribution in [3.8, 4) is 5.75 Å². The van der Waals surface area contributed by atoms with E-state index in [1.165, 1.54) is 18.5 Å². The zero-order chi connectivity index (χ0) is 15.7. The highest BCUT2D eigenvalue weighted by atomic mass is 16.5. The number of hydrogen-bond donors (Lipinski definition) is 2. The fraction of sp³-hybridized carbons (Fsp3) is 0.0588. The van der Waals surface area contributed by atoms with Crippen molar-refractivity contribution in [1.82, 2.24) is 5.06 Å². The van der Waals surface area contributed by atoms with Crippen LogP contribution >= 0.6 is 0 Å². The summed E-state index contributed by atoms with van der Waals surface area (Å²) in [6, 6.07) is 5.19. The van der Waals surface area contributed by atoms with Gasteiger partial charge < -0.3 is 5.11 Å². The van der Waals surface area contributed by atoms with Gasteiger partial charge in [-0.2, -0.15) is 0 Å². The summed E-state index contributed by atoms with van der Waals surface area (Å²) < 4.78 is 0. The van der Waals surface area contributed by atoms with E-state index < -0.39 is 0 Å². The molecule has 2 aliphatic rings.